The summed E-state index contributed by atoms with van der Waals surface area (Å²) in [5.74, 6) is -0.302. The van der Waals surface area contributed by atoms with E-state index in [9.17, 15) is 4.79 Å². The van der Waals surface area contributed by atoms with Crippen LogP contribution < -0.4 is 10.6 Å². The van der Waals surface area contributed by atoms with Crippen molar-refractivity contribution in [2.45, 2.75) is 25.5 Å². The minimum Gasteiger partial charge on any atom is -0.462 e. The molecule has 0 saturated carbocycles. The molecular formula is C15H22N2O3. The zero-order valence-corrected chi connectivity index (χ0v) is 12.1. The van der Waals surface area contributed by atoms with Gasteiger partial charge in [0.2, 0.25) is 0 Å². The number of nitrogens with zero attached hydrogens (tertiary/aromatic N) is 1. The van der Waals surface area contributed by atoms with Crippen molar-refractivity contribution in [2.75, 3.05) is 31.7 Å². The maximum absolute atomic E-state index is 11.8. The van der Waals surface area contributed by atoms with Crippen molar-refractivity contribution < 1.29 is 14.3 Å². The van der Waals surface area contributed by atoms with E-state index in [0.717, 1.165) is 25.1 Å². The number of carbonyl (C=O) groups is 1. The van der Waals surface area contributed by atoms with Gasteiger partial charge in [0.1, 0.15) is 0 Å². The van der Waals surface area contributed by atoms with Gasteiger partial charge in [-0.1, -0.05) is 6.07 Å². The molecule has 5 nitrogen and oxygen atoms in total. The molecule has 1 atom stereocenters. The van der Waals surface area contributed by atoms with Gasteiger partial charge in [-0.3, -0.25) is 0 Å². The van der Waals surface area contributed by atoms with Gasteiger partial charge in [0.25, 0.3) is 0 Å². The zero-order valence-electron chi connectivity index (χ0n) is 12.1. The van der Waals surface area contributed by atoms with Crippen molar-refractivity contribution in [3.8, 4) is 0 Å². The van der Waals surface area contributed by atoms with Crippen LogP contribution in [0.3, 0.4) is 0 Å². The van der Waals surface area contributed by atoms with Crippen LogP contribution in [-0.2, 0) is 9.47 Å². The SMILES string of the molecule is CCOC(=O)c1cccc(N2CCC[C@@]2(CN)OC)c1. The number of hydrogen-bond donors (Lipinski definition) is 1. The van der Waals surface area contributed by atoms with E-state index >= 15 is 0 Å². The molecule has 1 aliphatic rings. The van der Waals surface area contributed by atoms with E-state index in [1.54, 1.807) is 20.1 Å². The summed E-state index contributed by atoms with van der Waals surface area (Å²) < 4.78 is 10.7. The highest BCUT2D eigenvalue weighted by molar-refractivity contribution is 5.90. The van der Waals surface area contributed by atoms with E-state index in [-0.39, 0.29) is 5.97 Å². The summed E-state index contributed by atoms with van der Waals surface area (Å²) >= 11 is 0. The van der Waals surface area contributed by atoms with E-state index in [1.807, 2.05) is 18.2 Å². The first-order chi connectivity index (χ1) is 9.66. The van der Waals surface area contributed by atoms with Gasteiger partial charge in [-0.2, -0.15) is 0 Å². The van der Waals surface area contributed by atoms with E-state index < -0.39 is 5.72 Å². The number of hydrogen-bond acceptors (Lipinski definition) is 5. The quantitative estimate of drug-likeness (QED) is 0.831. The molecule has 0 aliphatic carbocycles. The van der Waals surface area contributed by atoms with Gasteiger partial charge >= 0.3 is 5.97 Å². The summed E-state index contributed by atoms with van der Waals surface area (Å²) in [6.45, 7) is 3.47. The molecule has 110 valence electrons. The highest BCUT2D eigenvalue weighted by Gasteiger charge is 2.40. The fourth-order valence-electron chi connectivity index (χ4n) is 2.74. The number of rotatable bonds is 5. The second-order valence-electron chi connectivity index (χ2n) is 4.88. The Hall–Kier alpha value is -1.59. The summed E-state index contributed by atoms with van der Waals surface area (Å²) in [6.07, 6.45) is 1.91. The normalized spacial score (nSPS) is 22.1. The Morgan fingerprint density at radius 2 is 2.30 bits per heavy atom. The summed E-state index contributed by atoms with van der Waals surface area (Å²) in [5.41, 5.74) is 6.93. The summed E-state index contributed by atoms with van der Waals surface area (Å²) in [4.78, 5) is 14.0. The Labute approximate surface area is 119 Å². The van der Waals surface area contributed by atoms with Crippen LogP contribution in [0.5, 0.6) is 0 Å². The van der Waals surface area contributed by atoms with E-state index in [1.165, 1.54) is 0 Å². The molecule has 1 heterocycles. The van der Waals surface area contributed by atoms with E-state index in [2.05, 4.69) is 4.90 Å². The Bertz CT molecular complexity index is 472. The second kappa shape index (κ2) is 6.24. The topological polar surface area (TPSA) is 64.8 Å². The maximum atomic E-state index is 11.8. The van der Waals surface area contributed by atoms with Crippen molar-refractivity contribution in [3.05, 3.63) is 29.8 Å². The Balaban J connectivity index is 2.28. The first kappa shape index (κ1) is 14.8. The summed E-state index contributed by atoms with van der Waals surface area (Å²) in [5, 5.41) is 0. The monoisotopic (exact) mass is 278 g/mol. The third-order valence-corrected chi connectivity index (χ3v) is 3.81. The van der Waals surface area contributed by atoms with Crippen LogP contribution in [0.2, 0.25) is 0 Å². The first-order valence-corrected chi connectivity index (χ1v) is 6.97. The van der Waals surface area contributed by atoms with Crippen molar-refractivity contribution >= 4 is 11.7 Å². The van der Waals surface area contributed by atoms with E-state index in [4.69, 9.17) is 15.2 Å². The van der Waals surface area contributed by atoms with Crippen LogP contribution in [0.25, 0.3) is 0 Å². The largest absolute Gasteiger partial charge is 0.462 e. The zero-order chi connectivity index (χ0) is 14.6. The second-order valence-corrected chi connectivity index (χ2v) is 4.88. The van der Waals surface area contributed by atoms with Gasteiger partial charge in [0, 0.05) is 25.9 Å². The fourth-order valence-corrected chi connectivity index (χ4v) is 2.74. The Morgan fingerprint density at radius 3 is 2.95 bits per heavy atom. The van der Waals surface area contributed by atoms with Gasteiger partial charge < -0.3 is 20.1 Å². The highest BCUT2D eigenvalue weighted by Crippen LogP contribution is 2.34. The number of benzene rings is 1. The molecule has 1 fully saturated rings. The molecule has 0 aromatic heterocycles. The number of ether oxygens (including phenoxy) is 2. The number of esters is 1. The summed E-state index contributed by atoms with van der Waals surface area (Å²) in [6, 6.07) is 7.43. The smallest absolute Gasteiger partial charge is 0.338 e. The van der Waals surface area contributed by atoms with Crippen molar-refractivity contribution in [1.29, 1.82) is 0 Å². The van der Waals surface area contributed by atoms with Crippen LogP contribution >= 0.6 is 0 Å². The maximum Gasteiger partial charge on any atom is 0.338 e. The van der Waals surface area contributed by atoms with E-state index in [0.29, 0.717) is 18.7 Å². The molecule has 0 radical (unpaired) electrons. The van der Waals surface area contributed by atoms with Crippen LogP contribution in [0.1, 0.15) is 30.1 Å². The molecule has 1 aromatic rings. The molecule has 0 amide bonds. The number of anilines is 1. The van der Waals surface area contributed by atoms with Gasteiger partial charge in [0.05, 0.1) is 12.2 Å². The predicted molar refractivity (Wildman–Crippen MR) is 77.8 cm³/mol. The Kier molecular flexibility index (Phi) is 4.62. The van der Waals surface area contributed by atoms with Crippen molar-refractivity contribution in [3.63, 3.8) is 0 Å². The number of carbonyl (C=O) groups excluding carboxylic acids is 1. The van der Waals surface area contributed by atoms with Crippen LogP contribution in [0.15, 0.2) is 24.3 Å². The van der Waals surface area contributed by atoms with Crippen LogP contribution in [0, 0.1) is 0 Å². The molecule has 1 aliphatic heterocycles. The number of methoxy groups -OCH3 is 1. The van der Waals surface area contributed by atoms with Crippen molar-refractivity contribution in [2.24, 2.45) is 5.73 Å². The van der Waals surface area contributed by atoms with Gasteiger partial charge in [0.15, 0.2) is 5.72 Å². The lowest BCUT2D eigenvalue weighted by molar-refractivity contribution is 0.00679. The molecule has 0 spiro atoms. The first-order valence-electron chi connectivity index (χ1n) is 6.97. The fraction of sp³-hybridized carbons (Fsp3) is 0.533. The summed E-state index contributed by atoms with van der Waals surface area (Å²) in [7, 11) is 1.68. The molecule has 0 bridgehead atoms. The minimum absolute atomic E-state index is 0.302. The Morgan fingerprint density at radius 1 is 1.50 bits per heavy atom. The van der Waals surface area contributed by atoms with Gasteiger partial charge in [-0.15, -0.1) is 0 Å². The van der Waals surface area contributed by atoms with Crippen LogP contribution in [-0.4, -0.2) is 38.5 Å². The molecule has 1 saturated heterocycles. The van der Waals surface area contributed by atoms with Crippen molar-refractivity contribution in [1.82, 2.24) is 0 Å². The minimum atomic E-state index is -0.465. The third-order valence-electron chi connectivity index (χ3n) is 3.81. The average molecular weight is 278 g/mol. The molecule has 0 unspecified atom stereocenters. The lowest BCUT2D eigenvalue weighted by atomic mass is 10.1. The van der Waals surface area contributed by atoms with Gasteiger partial charge in [-0.05, 0) is 38.0 Å². The standard InChI is InChI=1S/C15H22N2O3/c1-3-20-14(18)12-6-4-7-13(10-12)17-9-5-8-15(17,11-16)19-2/h4,6-7,10H,3,5,8-9,11,16H2,1-2H3/t15-/m0/s1. The lowest BCUT2D eigenvalue weighted by Gasteiger charge is -2.38. The average Bonchev–Trinajstić information content (AvgIpc) is 2.92. The molecule has 2 rings (SSSR count). The number of nitrogens with two attached hydrogens (primary N) is 1. The molecule has 1 aromatic carbocycles. The molecule has 5 heteroatoms. The predicted octanol–water partition coefficient (Wildman–Crippen LogP) is 1.76. The highest BCUT2D eigenvalue weighted by atomic mass is 16.5. The van der Waals surface area contributed by atoms with Crippen LogP contribution in [0.4, 0.5) is 5.69 Å². The molecular weight excluding hydrogens is 256 g/mol. The molecule has 20 heavy (non-hydrogen) atoms. The molecule has 2 N–H and O–H groups in total. The van der Waals surface area contributed by atoms with Gasteiger partial charge in [-0.25, -0.2) is 4.79 Å². The lowest BCUT2D eigenvalue weighted by Crippen LogP contribution is -2.51. The third kappa shape index (κ3) is 2.64.